The first-order valence-electron chi connectivity index (χ1n) is 7.54. The number of halogens is 2. The van der Waals surface area contributed by atoms with Crippen LogP contribution >= 0.6 is 0 Å². The zero-order valence-corrected chi connectivity index (χ0v) is 14.0. The lowest BCUT2D eigenvalue weighted by Gasteiger charge is -2.05. The first-order chi connectivity index (χ1) is 11.7. The normalized spacial score (nSPS) is 11.1. The predicted octanol–water partition coefficient (Wildman–Crippen LogP) is 1.88. The smallest absolute Gasteiger partial charge is 0.319 e. The molecule has 0 aliphatic carbocycles. The maximum atomic E-state index is 12.9. The van der Waals surface area contributed by atoms with Crippen molar-refractivity contribution in [3.05, 3.63) is 39.0 Å². The van der Waals surface area contributed by atoms with E-state index in [1.165, 1.54) is 6.92 Å². The summed E-state index contributed by atoms with van der Waals surface area (Å²) in [5.41, 5.74) is -0.191. The van der Waals surface area contributed by atoms with Gasteiger partial charge in [-0.05, 0) is 20.8 Å². The van der Waals surface area contributed by atoms with Crippen molar-refractivity contribution in [2.24, 2.45) is 0 Å². The fourth-order valence-corrected chi connectivity index (χ4v) is 2.37. The van der Waals surface area contributed by atoms with Gasteiger partial charge in [0.1, 0.15) is 12.2 Å². The van der Waals surface area contributed by atoms with Crippen molar-refractivity contribution < 1.29 is 18.5 Å². The summed E-state index contributed by atoms with van der Waals surface area (Å²) in [5, 5.41) is 21.3. The molecule has 0 radical (unpaired) electrons. The topological polar surface area (TPSA) is 108 Å². The predicted molar refractivity (Wildman–Crippen MR) is 83.1 cm³/mol. The molecular weight excluding hydrogens is 338 g/mol. The van der Waals surface area contributed by atoms with Gasteiger partial charge in [-0.2, -0.15) is 10.2 Å². The van der Waals surface area contributed by atoms with E-state index in [0.717, 1.165) is 15.9 Å². The summed E-state index contributed by atoms with van der Waals surface area (Å²) < 4.78 is 28.4. The molecule has 0 saturated heterocycles. The number of rotatable bonds is 7. The monoisotopic (exact) mass is 356 g/mol. The average molecular weight is 356 g/mol. The molecule has 9 nitrogen and oxygen atoms in total. The summed E-state index contributed by atoms with van der Waals surface area (Å²) in [5.74, 6) is -0.495. The third-order valence-electron chi connectivity index (χ3n) is 3.73. The van der Waals surface area contributed by atoms with Crippen LogP contribution in [0.3, 0.4) is 0 Å². The Hall–Kier alpha value is -2.85. The first kappa shape index (κ1) is 18.5. The van der Waals surface area contributed by atoms with Gasteiger partial charge in [-0.1, -0.05) is 0 Å². The summed E-state index contributed by atoms with van der Waals surface area (Å²) in [6, 6.07) is 0. The van der Waals surface area contributed by atoms with E-state index < -0.39 is 28.6 Å². The zero-order valence-electron chi connectivity index (χ0n) is 14.0. The van der Waals surface area contributed by atoms with Crippen LogP contribution in [-0.4, -0.2) is 30.4 Å². The molecular formula is C14H18F2N6O3. The SMILES string of the molecule is CCn1cc(CNC(=O)Cn2nc(C(F)F)c([N+](=O)[O-])c2C)c(C)n1. The third-order valence-corrected chi connectivity index (χ3v) is 3.73. The summed E-state index contributed by atoms with van der Waals surface area (Å²) in [7, 11) is 0. The van der Waals surface area contributed by atoms with E-state index in [1.807, 2.05) is 13.8 Å². The second-order valence-corrected chi connectivity index (χ2v) is 5.41. The van der Waals surface area contributed by atoms with E-state index in [9.17, 15) is 23.7 Å². The Morgan fingerprint density at radius 3 is 2.56 bits per heavy atom. The number of amides is 1. The van der Waals surface area contributed by atoms with Crippen molar-refractivity contribution in [3.63, 3.8) is 0 Å². The van der Waals surface area contributed by atoms with Crippen molar-refractivity contribution in [3.8, 4) is 0 Å². The van der Waals surface area contributed by atoms with Crippen LogP contribution in [0.25, 0.3) is 0 Å². The largest absolute Gasteiger partial charge is 0.350 e. The Balaban J connectivity index is 2.09. The van der Waals surface area contributed by atoms with Crippen LogP contribution in [0.1, 0.15) is 36.0 Å². The minimum atomic E-state index is -3.09. The van der Waals surface area contributed by atoms with E-state index in [2.05, 4.69) is 15.5 Å². The number of aromatic nitrogens is 4. The van der Waals surface area contributed by atoms with Gasteiger partial charge in [0.2, 0.25) is 11.6 Å². The van der Waals surface area contributed by atoms with Crippen LogP contribution in [0.2, 0.25) is 0 Å². The van der Waals surface area contributed by atoms with E-state index in [-0.39, 0.29) is 18.8 Å². The van der Waals surface area contributed by atoms with Crippen LogP contribution in [0.15, 0.2) is 6.20 Å². The second kappa shape index (κ2) is 7.36. The van der Waals surface area contributed by atoms with Gasteiger partial charge >= 0.3 is 5.69 Å². The highest BCUT2D eigenvalue weighted by Crippen LogP contribution is 2.30. The molecule has 0 fully saturated rings. The lowest BCUT2D eigenvalue weighted by atomic mass is 10.2. The molecule has 0 spiro atoms. The number of nitrogens with one attached hydrogen (secondary N) is 1. The van der Waals surface area contributed by atoms with Crippen LogP contribution in [0, 0.1) is 24.0 Å². The van der Waals surface area contributed by atoms with Crippen LogP contribution in [0.4, 0.5) is 14.5 Å². The Kier molecular flexibility index (Phi) is 5.45. The Morgan fingerprint density at radius 2 is 2.08 bits per heavy atom. The minimum Gasteiger partial charge on any atom is -0.350 e. The fourth-order valence-electron chi connectivity index (χ4n) is 2.37. The van der Waals surface area contributed by atoms with Gasteiger partial charge in [0.25, 0.3) is 6.43 Å². The molecule has 2 aromatic rings. The van der Waals surface area contributed by atoms with Gasteiger partial charge in [-0.15, -0.1) is 0 Å². The number of alkyl halides is 2. The molecule has 11 heteroatoms. The number of nitro groups is 1. The number of hydrogen-bond acceptors (Lipinski definition) is 5. The fraction of sp³-hybridized carbons (Fsp3) is 0.500. The highest BCUT2D eigenvalue weighted by atomic mass is 19.3. The summed E-state index contributed by atoms with van der Waals surface area (Å²) in [6.07, 6.45) is -1.29. The van der Waals surface area contributed by atoms with Crippen LogP contribution in [0.5, 0.6) is 0 Å². The second-order valence-electron chi connectivity index (χ2n) is 5.41. The van der Waals surface area contributed by atoms with Gasteiger partial charge in [0.05, 0.1) is 10.6 Å². The highest BCUT2D eigenvalue weighted by Gasteiger charge is 2.31. The third kappa shape index (κ3) is 3.98. The highest BCUT2D eigenvalue weighted by molar-refractivity contribution is 5.75. The van der Waals surface area contributed by atoms with Crippen molar-refractivity contribution in [2.75, 3.05) is 0 Å². The molecule has 1 amide bonds. The van der Waals surface area contributed by atoms with Crippen molar-refractivity contribution in [2.45, 2.75) is 46.8 Å². The molecule has 0 saturated carbocycles. The Labute approximate surface area is 141 Å². The van der Waals surface area contributed by atoms with Gasteiger partial charge in [-0.25, -0.2) is 8.78 Å². The molecule has 0 unspecified atom stereocenters. The molecule has 0 aromatic carbocycles. The van der Waals surface area contributed by atoms with E-state index in [0.29, 0.717) is 6.54 Å². The maximum Gasteiger partial charge on any atom is 0.319 e. The standard InChI is InChI=1S/C14H18F2N6O3/c1-4-20-6-10(8(2)18-20)5-17-11(23)7-21-9(3)13(22(24)25)12(19-21)14(15)16/h6,14H,4-5,7H2,1-3H3,(H,17,23). The van der Waals surface area contributed by atoms with E-state index >= 15 is 0 Å². The molecule has 0 aliphatic heterocycles. The van der Waals surface area contributed by atoms with E-state index in [1.54, 1.807) is 10.9 Å². The van der Waals surface area contributed by atoms with Crippen molar-refractivity contribution >= 4 is 11.6 Å². The first-order valence-corrected chi connectivity index (χ1v) is 7.54. The number of nitrogens with zero attached hydrogens (tertiary/aromatic N) is 5. The molecule has 1 N–H and O–H groups in total. The molecule has 136 valence electrons. The molecule has 2 heterocycles. The number of carbonyl (C=O) groups is 1. The van der Waals surface area contributed by atoms with Gasteiger partial charge < -0.3 is 5.32 Å². The molecule has 25 heavy (non-hydrogen) atoms. The van der Waals surface area contributed by atoms with Gasteiger partial charge in [0, 0.05) is 24.8 Å². The quantitative estimate of drug-likeness (QED) is 0.602. The summed E-state index contributed by atoms with van der Waals surface area (Å²) >= 11 is 0. The zero-order chi connectivity index (χ0) is 18.7. The molecule has 2 aromatic heterocycles. The Morgan fingerprint density at radius 1 is 1.40 bits per heavy atom. The van der Waals surface area contributed by atoms with E-state index in [4.69, 9.17) is 0 Å². The molecule has 0 bridgehead atoms. The number of carbonyl (C=O) groups excluding carboxylic acids is 1. The Bertz CT molecular complexity index is 799. The molecule has 0 aliphatic rings. The minimum absolute atomic E-state index is 0.0922. The van der Waals surface area contributed by atoms with Crippen molar-refractivity contribution in [1.82, 2.24) is 24.9 Å². The van der Waals surface area contributed by atoms with Gasteiger partial charge in [0.15, 0.2) is 0 Å². The van der Waals surface area contributed by atoms with Crippen LogP contribution < -0.4 is 5.32 Å². The number of aryl methyl sites for hydroxylation is 2. The molecule has 0 atom stereocenters. The summed E-state index contributed by atoms with van der Waals surface area (Å²) in [4.78, 5) is 22.0. The molecule has 2 rings (SSSR count). The lowest BCUT2D eigenvalue weighted by molar-refractivity contribution is -0.386. The number of hydrogen-bond donors (Lipinski definition) is 1. The van der Waals surface area contributed by atoms with Crippen molar-refractivity contribution in [1.29, 1.82) is 0 Å². The lowest BCUT2D eigenvalue weighted by Crippen LogP contribution is -2.28. The summed E-state index contributed by atoms with van der Waals surface area (Å²) in [6.45, 7) is 5.54. The maximum absolute atomic E-state index is 12.9. The van der Waals surface area contributed by atoms with Gasteiger partial charge in [-0.3, -0.25) is 24.3 Å². The van der Waals surface area contributed by atoms with Crippen LogP contribution in [-0.2, 0) is 24.4 Å². The average Bonchev–Trinajstić information content (AvgIpc) is 3.06.